The Bertz CT molecular complexity index is 527. The summed E-state index contributed by atoms with van der Waals surface area (Å²) in [5.74, 6) is 0.450. The van der Waals surface area contributed by atoms with Crippen LogP contribution in [0.5, 0.6) is 0 Å². The fraction of sp³-hybridized carbons (Fsp3) is 0.350. The molecule has 122 valence electrons. The third-order valence-corrected chi connectivity index (χ3v) is 3.91. The van der Waals surface area contributed by atoms with Gasteiger partial charge in [0.05, 0.1) is 0 Å². The topological polar surface area (TPSA) is 41.1 Å². The quantitative estimate of drug-likeness (QED) is 0.699. The van der Waals surface area contributed by atoms with Crippen molar-refractivity contribution in [2.75, 3.05) is 20.1 Å². The summed E-state index contributed by atoms with van der Waals surface area (Å²) in [6.45, 7) is 1.48. The molecule has 0 unspecified atom stereocenters. The fourth-order valence-electron chi connectivity index (χ4n) is 2.77. The van der Waals surface area contributed by atoms with E-state index in [9.17, 15) is 4.79 Å². The highest BCUT2D eigenvalue weighted by molar-refractivity contribution is 5.76. The van der Waals surface area contributed by atoms with Crippen molar-refractivity contribution in [2.24, 2.45) is 5.92 Å². The highest BCUT2D eigenvalue weighted by atomic mass is 16.1. The molecule has 0 heterocycles. The van der Waals surface area contributed by atoms with Crippen LogP contribution in [-0.4, -0.2) is 26.0 Å². The molecule has 0 aliphatic rings. The molecule has 0 fully saturated rings. The van der Waals surface area contributed by atoms with E-state index in [1.165, 1.54) is 11.1 Å². The van der Waals surface area contributed by atoms with E-state index >= 15 is 0 Å². The van der Waals surface area contributed by atoms with Gasteiger partial charge in [-0.15, -0.1) is 0 Å². The zero-order valence-corrected chi connectivity index (χ0v) is 13.8. The fourth-order valence-corrected chi connectivity index (χ4v) is 2.77. The first kappa shape index (κ1) is 17.2. The summed E-state index contributed by atoms with van der Waals surface area (Å²) in [6, 6.07) is 20.8. The number of carbonyl (C=O) groups excluding carboxylic acids is 1. The minimum Gasteiger partial charge on any atom is -0.355 e. The third-order valence-electron chi connectivity index (χ3n) is 3.91. The zero-order valence-electron chi connectivity index (χ0n) is 13.8. The van der Waals surface area contributed by atoms with E-state index in [4.69, 9.17) is 0 Å². The van der Waals surface area contributed by atoms with E-state index in [-0.39, 0.29) is 5.91 Å². The molecule has 0 saturated heterocycles. The molecule has 1 amide bonds. The molecule has 0 spiro atoms. The first-order valence-corrected chi connectivity index (χ1v) is 8.27. The van der Waals surface area contributed by atoms with Crippen molar-refractivity contribution in [3.8, 4) is 0 Å². The Morgan fingerprint density at radius 2 is 1.39 bits per heavy atom. The molecule has 2 N–H and O–H groups in total. The summed E-state index contributed by atoms with van der Waals surface area (Å²) in [6.07, 6.45) is 2.41. The van der Waals surface area contributed by atoms with Gasteiger partial charge >= 0.3 is 0 Å². The van der Waals surface area contributed by atoms with Crippen molar-refractivity contribution in [3.05, 3.63) is 71.8 Å². The van der Waals surface area contributed by atoms with E-state index in [1.807, 2.05) is 19.2 Å². The van der Waals surface area contributed by atoms with Crippen LogP contribution in [0.4, 0.5) is 0 Å². The van der Waals surface area contributed by atoms with E-state index in [0.29, 0.717) is 18.9 Å². The van der Waals surface area contributed by atoms with Gasteiger partial charge in [-0.25, -0.2) is 0 Å². The molecule has 0 bridgehead atoms. The summed E-state index contributed by atoms with van der Waals surface area (Å²) in [7, 11) is 1.89. The molecule has 0 radical (unpaired) electrons. The molecular formula is C20H26N2O. The highest BCUT2D eigenvalue weighted by Gasteiger charge is 2.15. The SMILES string of the molecule is CNCCNC(=O)CC(Cc1ccccc1)Cc1ccccc1. The maximum atomic E-state index is 12.2. The largest absolute Gasteiger partial charge is 0.355 e. The molecule has 2 aromatic carbocycles. The van der Waals surface area contributed by atoms with Crippen molar-refractivity contribution in [1.82, 2.24) is 10.6 Å². The molecule has 3 nitrogen and oxygen atoms in total. The summed E-state index contributed by atoms with van der Waals surface area (Å²) in [5.41, 5.74) is 2.58. The Hall–Kier alpha value is -2.13. The minimum atomic E-state index is 0.136. The highest BCUT2D eigenvalue weighted by Crippen LogP contribution is 2.18. The zero-order chi connectivity index (χ0) is 16.3. The van der Waals surface area contributed by atoms with E-state index in [1.54, 1.807) is 0 Å². The Labute approximate surface area is 139 Å². The van der Waals surface area contributed by atoms with Crippen LogP contribution in [0.1, 0.15) is 17.5 Å². The number of amides is 1. The lowest BCUT2D eigenvalue weighted by Crippen LogP contribution is -2.32. The summed E-state index contributed by atoms with van der Waals surface area (Å²) in [5, 5.41) is 6.03. The normalized spacial score (nSPS) is 10.7. The summed E-state index contributed by atoms with van der Waals surface area (Å²) < 4.78 is 0. The standard InChI is InChI=1S/C20H26N2O/c1-21-12-13-22-20(23)16-19(14-17-8-4-2-5-9-17)15-18-10-6-3-7-11-18/h2-11,19,21H,12-16H2,1H3,(H,22,23). The average molecular weight is 310 g/mol. The van der Waals surface area contributed by atoms with Crippen LogP contribution in [0, 0.1) is 5.92 Å². The van der Waals surface area contributed by atoms with Crippen LogP contribution in [0.3, 0.4) is 0 Å². The van der Waals surface area contributed by atoms with Gasteiger partial charge in [0.25, 0.3) is 0 Å². The molecule has 0 saturated carbocycles. The maximum Gasteiger partial charge on any atom is 0.220 e. The predicted octanol–water partition coefficient (Wildman–Crippen LogP) is 2.81. The van der Waals surface area contributed by atoms with Gasteiger partial charge < -0.3 is 10.6 Å². The summed E-state index contributed by atoms with van der Waals surface area (Å²) >= 11 is 0. The number of carbonyl (C=O) groups is 1. The van der Waals surface area contributed by atoms with Gasteiger partial charge in [-0.1, -0.05) is 60.7 Å². The van der Waals surface area contributed by atoms with E-state index < -0.39 is 0 Å². The number of rotatable bonds is 9. The maximum absolute atomic E-state index is 12.2. The number of hydrogen-bond donors (Lipinski definition) is 2. The van der Waals surface area contributed by atoms with Crippen LogP contribution in [0.2, 0.25) is 0 Å². The lowest BCUT2D eigenvalue weighted by Gasteiger charge is -2.17. The molecule has 3 heteroatoms. The molecule has 23 heavy (non-hydrogen) atoms. The first-order valence-electron chi connectivity index (χ1n) is 8.27. The van der Waals surface area contributed by atoms with Crippen molar-refractivity contribution in [1.29, 1.82) is 0 Å². The Morgan fingerprint density at radius 3 is 1.87 bits per heavy atom. The van der Waals surface area contributed by atoms with Crippen LogP contribution >= 0.6 is 0 Å². The van der Waals surface area contributed by atoms with Crippen LogP contribution in [0.25, 0.3) is 0 Å². The van der Waals surface area contributed by atoms with Gasteiger partial charge in [0.15, 0.2) is 0 Å². The molecular weight excluding hydrogens is 284 g/mol. The first-order chi connectivity index (χ1) is 11.3. The smallest absolute Gasteiger partial charge is 0.220 e. The molecule has 0 aromatic heterocycles. The predicted molar refractivity (Wildman–Crippen MR) is 95.3 cm³/mol. The Morgan fingerprint density at radius 1 is 0.870 bits per heavy atom. The van der Waals surface area contributed by atoms with Gasteiger partial charge in [-0.2, -0.15) is 0 Å². The molecule has 2 aromatic rings. The van der Waals surface area contributed by atoms with Crippen molar-refractivity contribution < 1.29 is 4.79 Å². The van der Waals surface area contributed by atoms with Crippen LogP contribution < -0.4 is 10.6 Å². The average Bonchev–Trinajstić information content (AvgIpc) is 2.57. The second-order valence-electron chi connectivity index (χ2n) is 5.90. The number of nitrogens with one attached hydrogen (secondary N) is 2. The molecule has 2 rings (SSSR count). The van der Waals surface area contributed by atoms with Crippen molar-refractivity contribution in [2.45, 2.75) is 19.3 Å². The molecule has 0 atom stereocenters. The van der Waals surface area contributed by atoms with Crippen LogP contribution in [-0.2, 0) is 17.6 Å². The molecule has 0 aliphatic heterocycles. The van der Waals surface area contributed by atoms with Gasteiger partial charge in [-0.3, -0.25) is 4.79 Å². The number of hydrogen-bond acceptors (Lipinski definition) is 2. The van der Waals surface area contributed by atoms with Crippen molar-refractivity contribution in [3.63, 3.8) is 0 Å². The van der Waals surface area contributed by atoms with E-state index in [2.05, 4.69) is 59.2 Å². The minimum absolute atomic E-state index is 0.136. The number of benzene rings is 2. The van der Waals surface area contributed by atoms with Crippen molar-refractivity contribution >= 4 is 5.91 Å². The molecule has 0 aliphatic carbocycles. The third kappa shape index (κ3) is 6.66. The summed E-state index contributed by atoms with van der Waals surface area (Å²) in [4.78, 5) is 12.2. The van der Waals surface area contributed by atoms with Gasteiger partial charge in [-0.05, 0) is 36.9 Å². The van der Waals surface area contributed by atoms with Gasteiger partial charge in [0.2, 0.25) is 5.91 Å². The van der Waals surface area contributed by atoms with Gasteiger partial charge in [0.1, 0.15) is 0 Å². The van der Waals surface area contributed by atoms with Gasteiger partial charge in [0, 0.05) is 19.5 Å². The second kappa shape index (κ2) is 9.80. The lowest BCUT2D eigenvalue weighted by molar-refractivity contribution is -0.121. The van der Waals surface area contributed by atoms with Crippen LogP contribution in [0.15, 0.2) is 60.7 Å². The second-order valence-corrected chi connectivity index (χ2v) is 5.90. The lowest BCUT2D eigenvalue weighted by atomic mass is 9.89. The monoisotopic (exact) mass is 310 g/mol. The number of likely N-dealkylation sites (N-methyl/N-ethyl adjacent to an activating group) is 1. The Kier molecular flexibility index (Phi) is 7.34. The van der Waals surface area contributed by atoms with E-state index in [0.717, 1.165) is 19.4 Å². The Balaban J connectivity index is 1.97.